The highest BCUT2D eigenvalue weighted by atomic mass is 15.2. The molecule has 1 N–H and O–H groups in total. The Morgan fingerprint density at radius 1 is 1.26 bits per heavy atom. The van der Waals surface area contributed by atoms with Gasteiger partial charge in [-0.3, -0.25) is 4.90 Å². The molecule has 1 saturated heterocycles. The normalized spacial score (nSPS) is 27.8. The first-order chi connectivity index (χ1) is 9.36. The van der Waals surface area contributed by atoms with Crippen molar-refractivity contribution >= 4 is 5.82 Å². The van der Waals surface area contributed by atoms with Gasteiger partial charge in [0, 0.05) is 25.8 Å². The molecule has 0 amide bonds. The van der Waals surface area contributed by atoms with Crippen LogP contribution in [0.3, 0.4) is 0 Å². The van der Waals surface area contributed by atoms with Gasteiger partial charge in [0.2, 0.25) is 0 Å². The summed E-state index contributed by atoms with van der Waals surface area (Å²) in [5.74, 6) is 1.95. The quantitative estimate of drug-likeness (QED) is 0.903. The lowest BCUT2D eigenvalue weighted by Gasteiger charge is -2.44. The maximum Gasteiger partial charge on any atom is 0.125 e. The number of likely N-dealkylation sites (tertiary alicyclic amines) is 1. The van der Waals surface area contributed by atoms with Gasteiger partial charge in [-0.1, -0.05) is 12.8 Å². The highest BCUT2D eigenvalue weighted by Crippen LogP contribution is 2.35. The average Bonchev–Trinajstić information content (AvgIpc) is 2.48. The predicted molar refractivity (Wildman–Crippen MR) is 79.2 cm³/mol. The molecule has 3 nitrogen and oxygen atoms in total. The van der Waals surface area contributed by atoms with Crippen molar-refractivity contribution in [1.29, 1.82) is 0 Å². The Bertz CT molecular complexity index is 416. The summed E-state index contributed by atoms with van der Waals surface area (Å²) in [4.78, 5) is 7.03. The molecule has 104 valence electrons. The van der Waals surface area contributed by atoms with Crippen LogP contribution < -0.4 is 5.32 Å². The number of pyridine rings is 1. The van der Waals surface area contributed by atoms with Crippen LogP contribution in [0.4, 0.5) is 5.82 Å². The first-order valence-corrected chi connectivity index (χ1v) is 7.73. The Morgan fingerprint density at radius 3 is 3.00 bits per heavy atom. The zero-order valence-corrected chi connectivity index (χ0v) is 11.9. The molecule has 1 aliphatic carbocycles. The van der Waals surface area contributed by atoms with E-state index in [4.69, 9.17) is 0 Å². The number of hydrogen-bond donors (Lipinski definition) is 1. The summed E-state index contributed by atoms with van der Waals surface area (Å²) < 4.78 is 0. The lowest BCUT2D eigenvalue weighted by atomic mass is 9.78. The second-order valence-electron chi connectivity index (χ2n) is 6.02. The van der Waals surface area contributed by atoms with E-state index in [1.165, 1.54) is 50.6 Å². The van der Waals surface area contributed by atoms with Crippen LogP contribution in [0.25, 0.3) is 0 Å². The van der Waals surface area contributed by atoms with Crippen LogP contribution in [0.1, 0.15) is 44.1 Å². The van der Waals surface area contributed by atoms with Gasteiger partial charge in [0.25, 0.3) is 0 Å². The molecular weight excluding hydrogens is 234 g/mol. The minimum absolute atomic E-state index is 0.841. The standard InChI is InChI=1S/C16H25N3/c1-17-16-11-13(8-9-18-16)12-19-10-4-6-14-5-2-3-7-15(14)19/h8-9,11,14-15H,2-7,10,12H2,1H3,(H,17,18)/t14-,15-/m1/s1. The zero-order valence-electron chi connectivity index (χ0n) is 11.9. The van der Waals surface area contributed by atoms with E-state index in [0.717, 1.165) is 24.3 Å². The van der Waals surface area contributed by atoms with Gasteiger partial charge in [0.05, 0.1) is 0 Å². The summed E-state index contributed by atoms with van der Waals surface area (Å²) in [6, 6.07) is 5.19. The van der Waals surface area contributed by atoms with Crippen LogP contribution in [0.5, 0.6) is 0 Å². The van der Waals surface area contributed by atoms with Crippen LogP contribution in [0.2, 0.25) is 0 Å². The maximum atomic E-state index is 4.30. The molecule has 3 rings (SSSR count). The van der Waals surface area contributed by atoms with Crippen molar-refractivity contribution < 1.29 is 0 Å². The molecule has 0 bridgehead atoms. The second-order valence-corrected chi connectivity index (χ2v) is 6.02. The van der Waals surface area contributed by atoms with E-state index in [2.05, 4.69) is 27.3 Å². The molecule has 1 saturated carbocycles. The van der Waals surface area contributed by atoms with Crippen molar-refractivity contribution in [2.24, 2.45) is 5.92 Å². The third-order valence-electron chi connectivity index (χ3n) is 4.82. The van der Waals surface area contributed by atoms with Crippen LogP contribution in [0.15, 0.2) is 18.3 Å². The first-order valence-electron chi connectivity index (χ1n) is 7.73. The van der Waals surface area contributed by atoms with Gasteiger partial charge in [-0.25, -0.2) is 4.98 Å². The number of hydrogen-bond acceptors (Lipinski definition) is 3. The van der Waals surface area contributed by atoms with E-state index in [9.17, 15) is 0 Å². The molecule has 1 aliphatic heterocycles. The highest BCUT2D eigenvalue weighted by Gasteiger charge is 2.32. The summed E-state index contributed by atoms with van der Waals surface area (Å²) in [5, 5.41) is 3.13. The summed E-state index contributed by atoms with van der Waals surface area (Å²) in [7, 11) is 1.93. The Hall–Kier alpha value is -1.09. The third kappa shape index (κ3) is 2.92. The van der Waals surface area contributed by atoms with Gasteiger partial charge in [-0.05, 0) is 55.8 Å². The highest BCUT2D eigenvalue weighted by molar-refractivity contribution is 5.36. The average molecular weight is 259 g/mol. The largest absolute Gasteiger partial charge is 0.373 e. The fourth-order valence-corrected chi connectivity index (χ4v) is 3.87. The fourth-order valence-electron chi connectivity index (χ4n) is 3.87. The second kappa shape index (κ2) is 5.91. The van der Waals surface area contributed by atoms with E-state index >= 15 is 0 Å². The summed E-state index contributed by atoms with van der Waals surface area (Å²) in [6.07, 6.45) is 10.5. The molecule has 2 fully saturated rings. The molecule has 0 aromatic carbocycles. The molecular formula is C16H25N3. The van der Waals surface area contributed by atoms with E-state index in [1.807, 2.05) is 13.2 Å². The SMILES string of the molecule is CNc1cc(CN2CCC[C@H]3CCCC[C@H]32)ccn1. The van der Waals surface area contributed by atoms with E-state index in [-0.39, 0.29) is 0 Å². The van der Waals surface area contributed by atoms with E-state index in [0.29, 0.717) is 0 Å². The van der Waals surface area contributed by atoms with Crippen molar-refractivity contribution in [2.45, 2.75) is 51.1 Å². The summed E-state index contributed by atoms with van der Waals surface area (Å²) in [6.45, 7) is 2.37. The molecule has 2 heterocycles. The lowest BCUT2D eigenvalue weighted by molar-refractivity contribution is 0.0547. The molecule has 3 heteroatoms. The van der Waals surface area contributed by atoms with Crippen molar-refractivity contribution in [3.8, 4) is 0 Å². The van der Waals surface area contributed by atoms with Crippen molar-refractivity contribution in [2.75, 3.05) is 18.9 Å². The van der Waals surface area contributed by atoms with Crippen molar-refractivity contribution in [3.05, 3.63) is 23.9 Å². The number of rotatable bonds is 3. The smallest absolute Gasteiger partial charge is 0.125 e. The van der Waals surface area contributed by atoms with Gasteiger partial charge in [-0.15, -0.1) is 0 Å². The predicted octanol–water partition coefficient (Wildman–Crippen LogP) is 3.28. The van der Waals surface area contributed by atoms with Gasteiger partial charge >= 0.3 is 0 Å². The number of nitrogens with zero attached hydrogens (tertiary/aromatic N) is 2. The molecule has 0 unspecified atom stereocenters. The van der Waals surface area contributed by atoms with Crippen LogP contribution >= 0.6 is 0 Å². The van der Waals surface area contributed by atoms with Gasteiger partial charge in [0.15, 0.2) is 0 Å². The van der Waals surface area contributed by atoms with E-state index in [1.54, 1.807) is 0 Å². The minimum atomic E-state index is 0.841. The summed E-state index contributed by atoms with van der Waals surface area (Å²) in [5.41, 5.74) is 1.39. The van der Waals surface area contributed by atoms with Gasteiger partial charge in [0.1, 0.15) is 5.82 Å². The van der Waals surface area contributed by atoms with Gasteiger partial charge < -0.3 is 5.32 Å². The number of anilines is 1. The number of aromatic nitrogens is 1. The van der Waals surface area contributed by atoms with Crippen LogP contribution in [0, 0.1) is 5.92 Å². The minimum Gasteiger partial charge on any atom is -0.373 e. The van der Waals surface area contributed by atoms with Gasteiger partial charge in [-0.2, -0.15) is 0 Å². The van der Waals surface area contributed by atoms with Crippen LogP contribution in [-0.4, -0.2) is 29.5 Å². The molecule has 1 aromatic heterocycles. The Kier molecular flexibility index (Phi) is 4.02. The Labute approximate surface area is 116 Å². The maximum absolute atomic E-state index is 4.30. The Morgan fingerprint density at radius 2 is 2.11 bits per heavy atom. The monoisotopic (exact) mass is 259 g/mol. The third-order valence-corrected chi connectivity index (χ3v) is 4.82. The molecule has 2 aliphatic rings. The number of nitrogens with one attached hydrogen (secondary N) is 1. The molecule has 19 heavy (non-hydrogen) atoms. The lowest BCUT2D eigenvalue weighted by Crippen LogP contribution is -2.46. The van der Waals surface area contributed by atoms with Crippen LogP contribution in [-0.2, 0) is 6.54 Å². The number of fused-ring (bicyclic) bond motifs is 1. The molecule has 2 atom stereocenters. The number of piperidine rings is 1. The van der Waals surface area contributed by atoms with Crippen molar-refractivity contribution in [3.63, 3.8) is 0 Å². The molecule has 0 radical (unpaired) electrons. The molecule has 1 aromatic rings. The Balaban J connectivity index is 1.70. The van der Waals surface area contributed by atoms with Crippen molar-refractivity contribution in [1.82, 2.24) is 9.88 Å². The first kappa shape index (κ1) is 12.9. The molecule has 0 spiro atoms. The van der Waals surface area contributed by atoms with E-state index < -0.39 is 0 Å². The fraction of sp³-hybridized carbons (Fsp3) is 0.688. The topological polar surface area (TPSA) is 28.2 Å². The zero-order chi connectivity index (χ0) is 13.1. The summed E-state index contributed by atoms with van der Waals surface area (Å²) >= 11 is 0.